The van der Waals surface area contributed by atoms with Gasteiger partial charge in [0.25, 0.3) is 0 Å². The number of aromatic nitrogens is 4. The molecule has 2 heterocycles. The molecule has 0 N–H and O–H groups in total. The number of rotatable bonds is 2. The lowest BCUT2D eigenvalue weighted by molar-refractivity contribution is 0.0468. The topological polar surface area (TPSA) is 52.8 Å². The summed E-state index contributed by atoms with van der Waals surface area (Å²) in [7, 11) is 0. The third-order valence-electron chi connectivity index (χ3n) is 2.09. The summed E-state index contributed by atoms with van der Waals surface area (Å²) in [4.78, 5) is 0. The van der Waals surface area contributed by atoms with E-state index in [1.165, 1.54) is 6.42 Å². The lowest BCUT2D eigenvalue weighted by Gasteiger charge is -2.21. The molecule has 0 amide bonds. The van der Waals surface area contributed by atoms with Crippen LogP contribution in [0.1, 0.15) is 12.8 Å². The van der Waals surface area contributed by atoms with Gasteiger partial charge in [-0.25, -0.2) is 4.68 Å². The zero-order valence-electron chi connectivity index (χ0n) is 6.89. The van der Waals surface area contributed by atoms with Crippen LogP contribution >= 0.6 is 0 Å². The molecule has 12 heavy (non-hydrogen) atoms. The highest BCUT2D eigenvalue weighted by molar-refractivity contribution is 4.63. The van der Waals surface area contributed by atoms with Gasteiger partial charge in [-0.05, 0) is 23.3 Å². The summed E-state index contributed by atoms with van der Waals surface area (Å²) >= 11 is 0. The molecule has 1 aliphatic rings. The molecule has 0 aliphatic carbocycles. The van der Waals surface area contributed by atoms with Crippen LogP contribution in [0.4, 0.5) is 0 Å². The van der Waals surface area contributed by atoms with Gasteiger partial charge in [0.1, 0.15) is 6.33 Å². The van der Waals surface area contributed by atoms with Gasteiger partial charge in [-0.2, -0.15) is 0 Å². The van der Waals surface area contributed by atoms with Gasteiger partial charge in [-0.1, -0.05) is 0 Å². The molecule has 1 unspecified atom stereocenters. The van der Waals surface area contributed by atoms with Crippen molar-refractivity contribution in [3.63, 3.8) is 0 Å². The molecule has 1 fully saturated rings. The van der Waals surface area contributed by atoms with E-state index in [0.29, 0.717) is 5.92 Å². The fraction of sp³-hybridized carbons (Fsp3) is 0.857. The Bertz CT molecular complexity index is 217. The smallest absolute Gasteiger partial charge is 0.138 e. The van der Waals surface area contributed by atoms with Crippen molar-refractivity contribution in [2.24, 2.45) is 5.92 Å². The van der Waals surface area contributed by atoms with E-state index in [1.54, 1.807) is 11.0 Å². The van der Waals surface area contributed by atoms with Crippen LogP contribution in [0.5, 0.6) is 0 Å². The van der Waals surface area contributed by atoms with Gasteiger partial charge in [0.2, 0.25) is 0 Å². The maximum absolute atomic E-state index is 5.35. The van der Waals surface area contributed by atoms with Crippen molar-refractivity contribution in [1.29, 1.82) is 0 Å². The summed E-state index contributed by atoms with van der Waals surface area (Å²) in [6, 6.07) is 0. The first kappa shape index (κ1) is 7.67. The number of hydrogen-bond donors (Lipinski definition) is 0. The van der Waals surface area contributed by atoms with Crippen molar-refractivity contribution in [3.8, 4) is 0 Å². The Morgan fingerprint density at radius 2 is 2.58 bits per heavy atom. The van der Waals surface area contributed by atoms with Gasteiger partial charge in [-0.3, -0.25) is 0 Å². The second-order valence-electron chi connectivity index (χ2n) is 3.12. The Morgan fingerprint density at radius 3 is 3.25 bits per heavy atom. The molecule has 0 radical (unpaired) electrons. The average Bonchev–Trinajstić information content (AvgIpc) is 2.59. The minimum absolute atomic E-state index is 0.585. The molecule has 66 valence electrons. The molecule has 1 atom stereocenters. The summed E-state index contributed by atoms with van der Waals surface area (Å²) in [5, 5.41) is 11.0. The van der Waals surface area contributed by atoms with E-state index in [9.17, 15) is 0 Å². The summed E-state index contributed by atoms with van der Waals surface area (Å²) in [5.41, 5.74) is 0. The maximum Gasteiger partial charge on any atom is 0.138 e. The predicted molar refractivity (Wildman–Crippen MR) is 41.4 cm³/mol. The highest BCUT2D eigenvalue weighted by atomic mass is 16.5. The quantitative estimate of drug-likeness (QED) is 0.628. The van der Waals surface area contributed by atoms with Gasteiger partial charge in [0, 0.05) is 19.1 Å². The van der Waals surface area contributed by atoms with Gasteiger partial charge in [0.15, 0.2) is 0 Å². The molecule has 5 nitrogen and oxygen atoms in total. The Hall–Kier alpha value is -0.970. The molecule has 0 spiro atoms. The Labute approximate surface area is 70.7 Å². The fourth-order valence-electron chi connectivity index (χ4n) is 1.48. The number of hydrogen-bond acceptors (Lipinski definition) is 4. The van der Waals surface area contributed by atoms with Crippen molar-refractivity contribution in [2.45, 2.75) is 19.4 Å². The molecule has 1 aromatic rings. The Balaban J connectivity index is 1.86. The van der Waals surface area contributed by atoms with E-state index in [1.807, 2.05) is 0 Å². The highest BCUT2D eigenvalue weighted by Crippen LogP contribution is 2.14. The normalized spacial score (nSPS) is 24.2. The molecule has 1 aromatic heterocycles. The van der Waals surface area contributed by atoms with Crippen LogP contribution in [-0.4, -0.2) is 33.4 Å². The highest BCUT2D eigenvalue weighted by Gasteiger charge is 2.14. The van der Waals surface area contributed by atoms with Crippen LogP contribution in [0.15, 0.2) is 6.33 Å². The van der Waals surface area contributed by atoms with Gasteiger partial charge in [0.05, 0.1) is 6.61 Å². The SMILES string of the molecule is c1nnnn1CC1CCCOC1. The molecule has 5 heteroatoms. The minimum atomic E-state index is 0.585. The van der Waals surface area contributed by atoms with E-state index in [0.717, 1.165) is 26.2 Å². The third kappa shape index (κ3) is 1.79. The summed E-state index contributed by atoms with van der Waals surface area (Å²) in [6.45, 7) is 2.64. The van der Waals surface area contributed by atoms with E-state index >= 15 is 0 Å². The predicted octanol–water partition coefficient (Wildman–Crippen LogP) is 0.0997. The fourth-order valence-corrected chi connectivity index (χ4v) is 1.48. The minimum Gasteiger partial charge on any atom is -0.381 e. The third-order valence-corrected chi connectivity index (χ3v) is 2.09. The molecule has 1 saturated heterocycles. The lowest BCUT2D eigenvalue weighted by Crippen LogP contribution is -2.22. The number of ether oxygens (including phenoxy) is 1. The van der Waals surface area contributed by atoms with Gasteiger partial charge >= 0.3 is 0 Å². The van der Waals surface area contributed by atoms with Crippen molar-refractivity contribution in [2.75, 3.05) is 13.2 Å². The van der Waals surface area contributed by atoms with Crippen molar-refractivity contribution in [1.82, 2.24) is 20.2 Å². The Kier molecular flexibility index (Phi) is 2.31. The molecule has 0 saturated carbocycles. The van der Waals surface area contributed by atoms with Crippen molar-refractivity contribution >= 4 is 0 Å². The molecule has 1 aliphatic heterocycles. The Morgan fingerprint density at radius 1 is 1.58 bits per heavy atom. The van der Waals surface area contributed by atoms with E-state index in [4.69, 9.17) is 4.74 Å². The number of nitrogens with zero attached hydrogens (tertiary/aromatic N) is 4. The van der Waals surface area contributed by atoms with Crippen LogP contribution in [0, 0.1) is 5.92 Å². The van der Waals surface area contributed by atoms with Crippen LogP contribution in [0.3, 0.4) is 0 Å². The standard InChI is InChI=1S/C7H12N4O/c1-2-7(5-12-3-1)4-11-6-8-9-10-11/h6-7H,1-5H2. The maximum atomic E-state index is 5.35. The summed E-state index contributed by atoms with van der Waals surface area (Å²) in [5.74, 6) is 0.585. The van der Waals surface area contributed by atoms with E-state index in [2.05, 4.69) is 15.5 Å². The van der Waals surface area contributed by atoms with Gasteiger partial charge < -0.3 is 4.74 Å². The van der Waals surface area contributed by atoms with E-state index in [-0.39, 0.29) is 0 Å². The van der Waals surface area contributed by atoms with E-state index < -0.39 is 0 Å². The van der Waals surface area contributed by atoms with Crippen LogP contribution < -0.4 is 0 Å². The average molecular weight is 168 g/mol. The van der Waals surface area contributed by atoms with Crippen LogP contribution in [0.25, 0.3) is 0 Å². The number of tetrazole rings is 1. The second-order valence-corrected chi connectivity index (χ2v) is 3.12. The zero-order chi connectivity index (χ0) is 8.23. The summed E-state index contributed by atoms with van der Waals surface area (Å²) < 4.78 is 7.11. The second kappa shape index (κ2) is 3.62. The molecule has 0 aromatic carbocycles. The largest absolute Gasteiger partial charge is 0.381 e. The first-order valence-corrected chi connectivity index (χ1v) is 4.23. The molecule has 2 rings (SSSR count). The van der Waals surface area contributed by atoms with Crippen molar-refractivity contribution < 1.29 is 4.74 Å². The summed E-state index contributed by atoms with van der Waals surface area (Å²) in [6.07, 6.45) is 4.03. The molecule has 0 bridgehead atoms. The lowest BCUT2D eigenvalue weighted by atomic mass is 10.0. The van der Waals surface area contributed by atoms with Crippen molar-refractivity contribution in [3.05, 3.63) is 6.33 Å². The van der Waals surface area contributed by atoms with Crippen LogP contribution in [0.2, 0.25) is 0 Å². The first-order chi connectivity index (χ1) is 5.95. The van der Waals surface area contributed by atoms with Gasteiger partial charge in [-0.15, -0.1) is 5.10 Å². The molecular weight excluding hydrogens is 156 g/mol. The monoisotopic (exact) mass is 168 g/mol. The van der Waals surface area contributed by atoms with Crippen LogP contribution in [-0.2, 0) is 11.3 Å². The first-order valence-electron chi connectivity index (χ1n) is 4.23. The zero-order valence-corrected chi connectivity index (χ0v) is 6.89. The molecular formula is C7H12N4O.